The average molecular weight is 227 g/mol. The number of carbonyl (C=O) groups is 2. The Morgan fingerprint density at radius 1 is 1.44 bits per heavy atom. The Hall–Kier alpha value is -1.06. The molecule has 0 bridgehead atoms. The first-order chi connectivity index (χ1) is 7.61. The SMILES string of the molecule is CCCCOC(=O)N1CCC(C)(C=O)CC1. The summed E-state index contributed by atoms with van der Waals surface area (Å²) in [6.45, 7) is 5.75. The van der Waals surface area contributed by atoms with Crippen molar-refractivity contribution in [2.75, 3.05) is 19.7 Å². The number of likely N-dealkylation sites (tertiary alicyclic amines) is 1. The molecule has 1 amide bonds. The van der Waals surface area contributed by atoms with E-state index in [1.165, 1.54) is 0 Å². The van der Waals surface area contributed by atoms with Crippen molar-refractivity contribution >= 4 is 12.4 Å². The molecule has 0 N–H and O–H groups in total. The van der Waals surface area contributed by atoms with Gasteiger partial charge in [-0.05, 0) is 19.3 Å². The van der Waals surface area contributed by atoms with Gasteiger partial charge in [0.15, 0.2) is 0 Å². The molecule has 0 aromatic heterocycles. The molecule has 0 aromatic rings. The highest BCUT2D eigenvalue weighted by Crippen LogP contribution is 2.28. The number of unbranched alkanes of at least 4 members (excludes halogenated alkanes) is 1. The number of ether oxygens (including phenoxy) is 1. The van der Waals surface area contributed by atoms with E-state index in [0.717, 1.165) is 32.0 Å². The fraction of sp³-hybridized carbons (Fsp3) is 0.833. The minimum absolute atomic E-state index is 0.235. The Balaban J connectivity index is 2.30. The molecule has 0 atom stereocenters. The third-order valence-electron chi connectivity index (χ3n) is 3.17. The van der Waals surface area contributed by atoms with Gasteiger partial charge < -0.3 is 14.4 Å². The molecule has 1 fully saturated rings. The predicted molar refractivity (Wildman–Crippen MR) is 61.2 cm³/mol. The number of nitrogens with zero attached hydrogens (tertiary/aromatic N) is 1. The van der Waals surface area contributed by atoms with E-state index in [9.17, 15) is 9.59 Å². The summed E-state index contributed by atoms with van der Waals surface area (Å²) in [7, 11) is 0. The van der Waals surface area contributed by atoms with Crippen LogP contribution in [0.4, 0.5) is 4.79 Å². The maximum Gasteiger partial charge on any atom is 0.409 e. The summed E-state index contributed by atoms with van der Waals surface area (Å²) in [6.07, 6.45) is 4.18. The molecule has 1 rings (SSSR count). The smallest absolute Gasteiger partial charge is 0.409 e. The highest BCUT2D eigenvalue weighted by atomic mass is 16.6. The van der Waals surface area contributed by atoms with Crippen molar-refractivity contribution in [2.45, 2.75) is 39.5 Å². The quantitative estimate of drug-likeness (QED) is 0.546. The van der Waals surface area contributed by atoms with Crippen molar-refractivity contribution in [1.29, 1.82) is 0 Å². The highest BCUT2D eigenvalue weighted by molar-refractivity contribution is 5.68. The molecule has 0 radical (unpaired) electrons. The van der Waals surface area contributed by atoms with Crippen LogP contribution in [-0.2, 0) is 9.53 Å². The molecule has 1 aliphatic rings. The van der Waals surface area contributed by atoms with Gasteiger partial charge in [-0.15, -0.1) is 0 Å². The van der Waals surface area contributed by atoms with Gasteiger partial charge in [-0.25, -0.2) is 4.79 Å². The number of amides is 1. The molecule has 4 heteroatoms. The van der Waals surface area contributed by atoms with Crippen LogP contribution in [0, 0.1) is 5.41 Å². The molecule has 0 unspecified atom stereocenters. The lowest BCUT2D eigenvalue weighted by molar-refractivity contribution is -0.117. The van der Waals surface area contributed by atoms with E-state index < -0.39 is 0 Å². The van der Waals surface area contributed by atoms with Crippen LogP contribution in [0.25, 0.3) is 0 Å². The summed E-state index contributed by atoms with van der Waals surface area (Å²) in [6, 6.07) is 0. The largest absolute Gasteiger partial charge is 0.449 e. The zero-order chi connectivity index (χ0) is 12.0. The molecule has 0 saturated carbocycles. The summed E-state index contributed by atoms with van der Waals surface area (Å²) >= 11 is 0. The third-order valence-corrected chi connectivity index (χ3v) is 3.17. The van der Waals surface area contributed by atoms with E-state index in [2.05, 4.69) is 6.92 Å². The maximum absolute atomic E-state index is 11.6. The fourth-order valence-corrected chi connectivity index (χ4v) is 1.71. The third kappa shape index (κ3) is 3.51. The van der Waals surface area contributed by atoms with E-state index in [4.69, 9.17) is 4.74 Å². The summed E-state index contributed by atoms with van der Waals surface area (Å²) in [4.78, 5) is 24.1. The molecule has 0 spiro atoms. The minimum atomic E-state index is -0.250. The van der Waals surface area contributed by atoms with Crippen molar-refractivity contribution in [3.63, 3.8) is 0 Å². The fourth-order valence-electron chi connectivity index (χ4n) is 1.71. The second kappa shape index (κ2) is 5.87. The van der Waals surface area contributed by atoms with Crippen LogP contribution in [0.2, 0.25) is 0 Å². The number of hydrogen-bond acceptors (Lipinski definition) is 3. The summed E-state index contributed by atoms with van der Waals surface area (Å²) in [5.74, 6) is 0. The van der Waals surface area contributed by atoms with Gasteiger partial charge in [-0.2, -0.15) is 0 Å². The first-order valence-electron chi connectivity index (χ1n) is 5.99. The van der Waals surface area contributed by atoms with Gasteiger partial charge in [0.2, 0.25) is 0 Å². The van der Waals surface area contributed by atoms with Crippen LogP contribution in [0.3, 0.4) is 0 Å². The predicted octanol–water partition coefficient (Wildman–Crippen LogP) is 2.22. The Kier molecular flexibility index (Phi) is 4.77. The van der Waals surface area contributed by atoms with Gasteiger partial charge >= 0.3 is 6.09 Å². The van der Waals surface area contributed by atoms with Crippen molar-refractivity contribution < 1.29 is 14.3 Å². The number of rotatable bonds is 4. The van der Waals surface area contributed by atoms with Gasteiger partial charge in [0.1, 0.15) is 6.29 Å². The molecule has 1 saturated heterocycles. The molecule has 0 aliphatic carbocycles. The van der Waals surface area contributed by atoms with Crippen LogP contribution >= 0.6 is 0 Å². The number of aldehydes is 1. The molecule has 16 heavy (non-hydrogen) atoms. The van der Waals surface area contributed by atoms with Crippen LogP contribution in [-0.4, -0.2) is 37.0 Å². The molecule has 4 nitrogen and oxygen atoms in total. The van der Waals surface area contributed by atoms with Gasteiger partial charge in [-0.1, -0.05) is 20.3 Å². The Bertz CT molecular complexity index is 245. The molecule has 92 valence electrons. The zero-order valence-electron chi connectivity index (χ0n) is 10.2. The van der Waals surface area contributed by atoms with Crippen LogP contribution in [0.15, 0.2) is 0 Å². The first-order valence-corrected chi connectivity index (χ1v) is 5.99. The lowest BCUT2D eigenvalue weighted by atomic mass is 9.82. The van der Waals surface area contributed by atoms with E-state index in [1.54, 1.807) is 4.90 Å². The summed E-state index contributed by atoms with van der Waals surface area (Å²) < 4.78 is 5.12. The lowest BCUT2D eigenvalue weighted by Gasteiger charge is -2.35. The Labute approximate surface area is 96.9 Å². The highest BCUT2D eigenvalue weighted by Gasteiger charge is 2.31. The molecule has 0 aromatic carbocycles. The Morgan fingerprint density at radius 2 is 2.06 bits per heavy atom. The zero-order valence-corrected chi connectivity index (χ0v) is 10.2. The van der Waals surface area contributed by atoms with Crippen LogP contribution in [0.1, 0.15) is 39.5 Å². The van der Waals surface area contributed by atoms with Gasteiger partial charge in [0, 0.05) is 18.5 Å². The minimum Gasteiger partial charge on any atom is -0.449 e. The van der Waals surface area contributed by atoms with E-state index in [-0.39, 0.29) is 11.5 Å². The molecular formula is C12H21NO3. The first kappa shape index (κ1) is 13.0. The van der Waals surface area contributed by atoms with Gasteiger partial charge in [0.25, 0.3) is 0 Å². The molecule has 1 aliphatic heterocycles. The second-order valence-electron chi connectivity index (χ2n) is 4.73. The van der Waals surface area contributed by atoms with Crippen molar-refractivity contribution in [3.8, 4) is 0 Å². The van der Waals surface area contributed by atoms with E-state index >= 15 is 0 Å². The summed E-state index contributed by atoms with van der Waals surface area (Å²) in [5.41, 5.74) is -0.250. The Morgan fingerprint density at radius 3 is 2.56 bits per heavy atom. The standard InChI is InChI=1S/C12H21NO3/c1-3-4-9-16-11(15)13-7-5-12(2,10-14)6-8-13/h10H,3-9H2,1-2H3. The average Bonchev–Trinajstić information content (AvgIpc) is 2.30. The van der Waals surface area contributed by atoms with Crippen LogP contribution in [0.5, 0.6) is 0 Å². The number of carbonyl (C=O) groups excluding carboxylic acids is 2. The lowest BCUT2D eigenvalue weighted by Crippen LogP contribution is -2.43. The van der Waals surface area contributed by atoms with Crippen molar-refractivity contribution in [3.05, 3.63) is 0 Å². The summed E-state index contributed by atoms with van der Waals surface area (Å²) in [5, 5.41) is 0. The van der Waals surface area contributed by atoms with Crippen molar-refractivity contribution in [1.82, 2.24) is 4.90 Å². The molecule has 1 heterocycles. The molecular weight excluding hydrogens is 206 g/mol. The maximum atomic E-state index is 11.6. The number of piperidine rings is 1. The number of hydrogen-bond donors (Lipinski definition) is 0. The van der Waals surface area contributed by atoms with E-state index in [0.29, 0.717) is 19.7 Å². The van der Waals surface area contributed by atoms with Crippen molar-refractivity contribution in [2.24, 2.45) is 5.41 Å². The van der Waals surface area contributed by atoms with E-state index in [1.807, 2.05) is 6.92 Å². The van der Waals surface area contributed by atoms with Gasteiger partial charge in [0.05, 0.1) is 6.61 Å². The van der Waals surface area contributed by atoms with Gasteiger partial charge in [-0.3, -0.25) is 0 Å². The van der Waals surface area contributed by atoms with Crippen LogP contribution < -0.4 is 0 Å². The second-order valence-corrected chi connectivity index (χ2v) is 4.73. The monoisotopic (exact) mass is 227 g/mol. The topological polar surface area (TPSA) is 46.6 Å². The normalized spacial score (nSPS) is 19.2.